The van der Waals surface area contributed by atoms with Gasteiger partial charge in [0.05, 0.1) is 6.61 Å². The van der Waals surface area contributed by atoms with Gasteiger partial charge in [0.1, 0.15) is 6.04 Å². The summed E-state index contributed by atoms with van der Waals surface area (Å²) in [6.07, 6.45) is 0.568. The van der Waals surface area contributed by atoms with Crippen LogP contribution in [0.1, 0.15) is 43.1 Å². The van der Waals surface area contributed by atoms with Gasteiger partial charge in [0.25, 0.3) is 5.91 Å². The average Bonchev–Trinajstić information content (AvgIpc) is 2.51. The zero-order valence-corrected chi connectivity index (χ0v) is 14.5. The van der Waals surface area contributed by atoms with E-state index in [1.165, 1.54) is 0 Å². The molecule has 0 aromatic heterocycles. The lowest BCUT2D eigenvalue weighted by Crippen LogP contribution is -2.50. The van der Waals surface area contributed by atoms with Crippen molar-refractivity contribution < 1.29 is 14.7 Å². The van der Waals surface area contributed by atoms with E-state index >= 15 is 0 Å². The molecule has 1 unspecified atom stereocenters. The van der Waals surface area contributed by atoms with Crippen LogP contribution in [0.3, 0.4) is 0 Å². The predicted octanol–water partition coefficient (Wildman–Crippen LogP) is 1.98. The third-order valence-corrected chi connectivity index (χ3v) is 3.76. The van der Waals surface area contributed by atoms with Crippen LogP contribution in [-0.2, 0) is 4.79 Å². The summed E-state index contributed by atoms with van der Waals surface area (Å²) in [5.74, 6) is -0.103. The molecule has 5 nitrogen and oxygen atoms in total. The highest BCUT2D eigenvalue weighted by atomic mass is 16.3. The van der Waals surface area contributed by atoms with E-state index in [1.54, 1.807) is 11.0 Å². The second-order valence-electron chi connectivity index (χ2n) is 6.11. The Kier molecular flexibility index (Phi) is 7.75. The summed E-state index contributed by atoms with van der Waals surface area (Å²) >= 11 is 0. The third kappa shape index (κ3) is 5.67. The monoisotopic (exact) mass is 320 g/mol. The molecule has 1 atom stereocenters. The molecule has 0 spiro atoms. The molecule has 1 aromatic rings. The van der Waals surface area contributed by atoms with Gasteiger partial charge in [-0.3, -0.25) is 9.59 Å². The molecule has 1 rings (SSSR count). The Morgan fingerprint density at radius 1 is 1.26 bits per heavy atom. The van der Waals surface area contributed by atoms with E-state index in [2.05, 4.69) is 5.32 Å². The van der Waals surface area contributed by atoms with Crippen LogP contribution in [-0.4, -0.2) is 47.6 Å². The number of nitrogens with one attached hydrogen (secondary N) is 1. The van der Waals surface area contributed by atoms with Crippen LogP contribution >= 0.6 is 0 Å². The summed E-state index contributed by atoms with van der Waals surface area (Å²) in [5.41, 5.74) is 1.46. The summed E-state index contributed by atoms with van der Waals surface area (Å²) in [6.45, 7) is 8.48. The molecule has 0 heterocycles. The van der Waals surface area contributed by atoms with Gasteiger partial charge in [-0.2, -0.15) is 0 Å². The molecule has 0 aliphatic heterocycles. The van der Waals surface area contributed by atoms with Gasteiger partial charge >= 0.3 is 0 Å². The van der Waals surface area contributed by atoms with Crippen LogP contribution < -0.4 is 5.32 Å². The first-order valence-corrected chi connectivity index (χ1v) is 8.16. The summed E-state index contributed by atoms with van der Waals surface area (Å²) in [6, 6.07) is 6.74. The molecule has 0 aliphatic rings. The summed E-state index contributed by atoms with van der Waals surface area (Å²) in [4.78, 5) is 26.7. The average molecular weight is 320 g/mol. The highest BCUT2D eigenvalue weighted by Gasteiger charge is 2.26. The second kappa shape index (κ2) is 9.30. The molecule has 23 heavy (non-hydrogen) atoms. The highest BCUT2D eigenvalue weighted by Crippen LogP contribution is 2.11. The van der Waals surface area contributed by atoms with Crippen molar-refractivity contribution in [1.29, 1.82) is 0 Å². The van der Waals surface area contributed by atoms with E-state index in [0.717, 1.165) is 5.56 Å². The zero-order valence-electron chi connectivity index (χ0n) is 14.5. The number of aliphatic hydroxyl groups is 1. The van der Waals surface area contributed by atoms with E-state index in [4.69, 9.17) is 5.11 Å². The van der Waals surface area contributed by atoms with E-state index in [1.807, 2.05) is 45.9 Å². The molecule has 0 radical (unpaired) electrons. The maximum Gasteiger partial charge on any atom is 0.252 e. The molecule has 1 aromatic carbocycles. The maximum atomic E-state index is 12.7. The SMILES string of the molecule is CCN(CCO)C(=O)C(CC(C)C)NC(=O)c1ccccc1C. The van der Waals surface area contributed by atoms with Crippen molar-refractivity contribution in [2.75, 3.05) is 19.7 Å². The minimum absolute atomic E-state index is 0.0836. The Bertz CT molecular complexity index is 529. The lowest BCUT2D eigenvalue weighted by Gasteiger charge is -2.27. The molecule has 128 valence electrons. The zero-order chi connectivity index (χ0) is 17.4. The Hall–Kier alpha value is -1.88. The van der Waals surface area contributed by atoms with E-state index in [0.29, 0.717) is 18.5 Å². The van der Waals surface area contributed by atoms with Crippen molar-refractivity contribution in [2.45, 2.75) is 40.2 Å². The topological polar surface area (TPSA) is 69.6 Å². The van der Waals surface area contributed by atoms with Gasteiger partial charge in [-0.1, -0.05) is 32.0 Å². The molecule has 0 bridgehead atoms. The smallest absolute Gasteiger partial charge is 0.252 e. The van der Waals surface area contributed by atoms with Crippen molar-refractivity contribution in [1.82, 2.24) is 10.2 Å². The Morgan fingerprint density at radius 2 is 1.91 bits per heavy atom. The van der Waals surface area contributed by atoms with Gasteiger partial charge in [-0.25, -0.2) is 0 Å². The molecule has 0 saturated carbocycles. The summed E-state index contributed by atoms with van der Waals surface area (Å²) in [7, 11) is 0. The number of aryl methyl sites for hydroxylation is 1. The second-order valence-corrected chi connectivity index (χ2v) is 6.11. The minimum atomic E-state index is -0.575. The first-order chi connectivity index (χ1) is 10.9. The minimum Gasteiger partial charge on any atom is -0.395 e. The Labute approximate surface area is 138 Å². The summed E-state index contributed by atoms with van der Waals surface area (Å²) in [5, 5.41) is 12.0. The van der Waals surface area contributed by atoms with Gasteiger partial charge in [-0.05, 0) is 37.8 Å². The van der Waals surface area contributed by atoms with E-state index < -0.39 is 6.04 Å². The number of likely N-dealkylation sites (N-methyl/N-ethyl adjacent to an activating group) is 1. The number of amides is 2. The van der Waals surface area contributed by atoms with Crippen LogP contribution in [0.25, 0.3) is 0 Å². The number of rotatable bonds is 8. The fourth-order valence-electron chi connectivity index (χ4n) is 2.52. The first-order valence-electron chi connectivity index (χ1n) is 8.16. The molecule has 2 amide bonds. The van der Waals surface area contributed by atoms with Crippen LogP contribution in [0, 0.1) is 12.8 Å². The van der Waals surface area contributed by atoms with Crippen molar-refractivity contribution in [3.05, 3.63) is 35.4 Å². The van der Waals surface area contributed by atoms with Gasteiger partial charge in [0, 0.05) is 18.7 Å². The molecule has 0 aliphatic carbocycles. The third-order valence-electron chi connectivity index (χ3n) is 3.76. The standard InChI is InChI=1S/C18H28N2O3/c1-5-20(10-11-21)18(23)16(12-13(2)3)19-17(22)15-9-7-6-8-14(15)4/h6-9,13,16,21H,5,10-12H2,1-4H3,(H,19,22). The number of aliphatic hydroxyl groups excluding tert-OH is 1. The fraction of sp³-hybridized carbons (Fsp3) is 0.556. The molecule has 0 saturated heterocycles. The predicted molar refractivity (Wildman–Crippen MR) is 91.2 cm³/mol. The lowest BCUT2D eigenvalue weighted by atomic mass is 10.0. The van der Waals surface area contributed by atoms with Crippen molar-refractivity contribution in [3.8, 4) is 0 Å². The Balaban J connectivity index is 2.92. The maximum absolute atomic E-state index is 12.7. The quantitative estimate of drug-likeness (QED) is 0.769. The molecule has 5 heteroatoms. The Morgan fingerprint density at radius 3 is 2.43 bits per heavy atom. The largest absolute Gasteiger partial charge is 0.395 e. The van der Waals surface area contributed by atoms with E-state index in [9.17, 15) is 9.59 Å². The summed E-state index contributed by atoms with van der Waals surface area (Å²) < 4.78 is 0. The number of hydrogen-bond acceptors (Lipinski definition) is 3. The molecule has 2 N–H and O–H groups in total. The number of carbonyl (C=O) groups is 2. The van der Waals surface area contributed by atoms with Crippen LogP contribution in [0.2, 0.25) is 0 Å². The normalized spacial score (nSPS) is 12.1. The number of hydrogen-bond donors (Lipinski definition) is 2. The van der Waals surface area contributed by atoms with Gasteiger partial charge in [-0.15, -0.1) is 0 Å². The number of benzene rings is 1. The van der Waals surface area contributed by atoms with Gasteiger partial charge in [0.15, 0.2) is 0 Å². The van der Waals surface area contributed by atoms with Crippen molar-refractivity contribution in [3.63, 3.8) is 0 Å². The van der Waals surface area contributed by atoms with E-state index in [-0.39, 0.29) is 30.9 Å². The number of carbonyl (C=O) groups excluding carboxylic acids is 2. The highest BCUT2D eigenvalue weighted by molar-refractivity contribution is 5.98. The number of nitrogens with zero attached hydrogens (tertiary/aromatic N) is 1. The van der Waals surface area contributed by atoms with Crippen molar-refractivity contribution in [2.24, 2.45) is 5.92 Å². The first kappa shape index (κ1) is 19.2. The fourth-order valence-corrected chi connectivity index (χ4v) is 2.52. The molecular weight excluding hydrogens is 292 g/mol. The van der Waals surface area contributed by atoms with Crippen LogP contribution in [0.4, 0.5) is 0 Å². The van der Waals surface area contributed by atoms with Crippen LogP contribution in [0.5, 0.6) is 0 Å². The lowest BCUT2D eigenvalue weighted by molar-refractivity contribution is -0.134. The molecular formula is C18H28N2O3. The van der Waals surface area contributed by atoms with Crippen molar-refractivity contribution >= 4 is 11.8 Å². The van der Waals surface area contributed by atoms with Crippen LogP contribution in [0.15, 0.2) is 24.3 Å². The molecule has 0 fully saturated rings. The van der Waals surface area contributed by atoms with Gasteiger partial charge < -0.3 is 15.3 Å². The van der Waals surface area contributed by atoms with Gasteiger partial charge in [0.2, 0.25) is 5.91 Å².